The lowest BCUT2D eigenvalue weighted by molar-refractivity contribution is -0.126. The molecule has 2 N–H and O–H groups in total. The van der Waals surface area contributed by atoms with E-state index in [1.54, 1.807) is 19.4 Å². The first-order valence-electron chi connectivity index (χ1n) is 7.24. The molecular weight excluding hydrogens is 294 g/mol. The summed E-state index contributed by atoms with van der Waals surface area (Å²) in [5.41, 5.74) is 2.71. The molecule has 0 bridgehead atoms. The fraction of sp³-hybridized carbons (Fsp3) is 0.176. The van der Waals surface area contributed by atoms with Gasteiger partial charge >= 0.3 is 0 Å². The smallest absolute Gasteiger partial charge is 0.276 e. The maximum atomic E-state index is 12.5. The van der Waals surface area contributed by atoms with Crippen LogP contribution in [-0.2, 0) is 4.79 Å². The number of aliphatic hydroxyl groups is 1. The molecule has 0 radical (unpaired) electrons. The highest BCUT2D eigenvalue weighted by molar-refractivity contribution is 6.33. The first-order valence-corrected chi connectivity index (χ1v) is 7.24. The van der Waals surface area contributed by atoms with Crippen molar-refractivity contribution in [1.29, 1.82) is 0 Å². The maximum Gasteiger partial charge on any atom is 0.276 e. The van der Waals surface area contributed by atoms with E-state index in [-0.39, 0.29) is 19.1 Å². The Bertz CT molecular complexity index is 746. The summed E-state index contributed by atoms with van der Waals surface area (Å²) >= 11 is 0. The Morgan fingerprint density at radius 3 is 2.70 bits per heavy atom. The number of hydrazone groups is 1. The van der Waals surface area contributed by atoms with Crippen molar-refractivity contribution in [2.24, 2.45) is 5.10 Å². The van der Waals surface area contributed by atoms with E-state index < -0.39 is 0 Å². The van der Waals surface area contributed by atoms with Crippen molar-refractivity contribution >= 4 is 17.7 Å². The maximum absolute atomic E-state index is 12.5. The molecule has 0 aliphatic carbocycles. The van der Waals surface area contributed by atoms with Crippen molar-refractivity contribution < 1.29 is 14.6 Å². The van der Waals surface area contributed by atoms with Crippen LogP contribution in [0.15, 0.2) is 53.3 Å². The van der Waals surface area contributed by atoms with Crippen LogP contribution in [0.3, 0.4) is 0 Å². The molecule has 0 saturated heterocycles. The van der Waals surface area contributed by atoms with Crippen LogP contribution in [0.5, 0.6) is 5.75 Å². The molecule has 1 aliphatic heterocycles. The Hall–Kier alpha value is -2.86. The number of aromatic amines is 1. The van der Waals surface area contributed by atoms with Gasteiger partial charge in [-0.15, -0.1) is 0 Å². The van der Waals surface area contributed by atoms with E-state index in [4.69, 9.17) is 9.84 Å². The van der Waals surface area contributed by atoms with Crippen molar-refractivity contribution in [1.82, 2.24) is 9.99 Å². The lowest BCUT2D eigenvalue weighted by Crippen LogP contribution is -2.25. The van der Waals surface area contributed by atoms with Gasteiger partial charge in [-0.05, 0) is 42.5 Å². The van der Waals surface area contributed by atoms with Gasteiger partial charge in [-0.25, -0.2) is 5.01 Å². The van der Waals surface area contributed by atoms with Crippen LogP contribution >= 0.6 is 0 Å². The highest BCUT2D eigenvalue weighted by atomic mass is 16.5. The Labute approximate surface area is 133 Å². The molecule has 6 heteroatoms. The summed E-state index contributed by atoms with van der Waals surface area (Å²) in [5, 5.41) is 14.8. The van der Waals surface area contributed by atoms with Crippen LogP contribution < -0.4 is 4.74 Å². The monoisotopic (exact) mass is 311 g/mol. The Morgan fingerprint density at radius 1 is 1.30 bits per heavy atom. The summed E-state index contributed by atoms with van der Waals surface area (Å²) in [4.78, 5) is 15.6. The van der Waals surface area contributed by atoms with Gasteiger partial charge in [-0.1, -0.05) is 0 Å². The predicted octanol–water partition coefficient (Wildman–Crippen LogP) is 1.65. The zero-order valence-corrected chi connectivity index (χ0v) is 12.7. The number of aliphatic hydroxyl groups excluding tert-OH is 1. The van der Waals surface area contributed by atoms with Crippen LogP contribution in [0.4, 0.5) is 0 Å². The number of β-amino-alcohol motifs (C(OH)–C–C–N with tert-alkyl or cyclic N) is 1. The first-order chi connectivity index (χ1) is 11.2. The standard InChI is InChI=1S/C17H17N3O3/c1-23-14-6-4-12(5-7-14)16-15(11-13-3-2-8-18-13)17(22)20(19-16)9-10-21/h2-8,11,18,21H,9-10H2,1H3/b15-11-. The van der Waals surface area contributed by atoms with E-state index >= 15 is 0 Å². The summed E-state index contributed by atoms with van der Waals surface area (Å²) in [6, 6.07) is 11.1. The molecule has 0 fully saturated rings. The summed E-state index contributed by atoms with van der Waals surface area (Å²) in [5.74, 6) is 0.514. The minimum Gasteiger partial charge on any atom is -0.497 e. The summed E-state index contributed by atoms with van der Waals surface area (Å²) in [7, 11) is 1.60. The Morgan fingerprint density at radius 2 is 2.09 bits per heavy atom. The van der Waals surface area contributed by atoms with Crippen LogP contribution in [0.1, 0.15) is 11.3 Å². The molecule has 2 aromatic rings. The van der Waals surface area contributed by atoms with Crippen molar-refractivity contribution in [3.63, 3.8) is 0 Å². The van der Waals surface area contributed by atoms with Gasteiger partial charge in [0.2, 0.25) is 0 Å². The van der Waals surface area contributed by atoms with E-state index in [9.17, 15) is 4.79 Å². The Kier molecular flexibility index (Phi) is 4.25. The minimum absolute atomic E-state index is 0.138. The molecule has 2 heterocycles. The first kappa shape index (κ1) is 15.1. The third kappa shape index (κ3) is 3.02. The number of carbonyl (C=O) groups is 1. The number of hydrogen-bond donors (Lipinski definition) is 2. The quantitative estimate of drug-likeness (QED) is 0.824. The van der Waals surface area contributed by atoms with E-state index in [1.807, 2.05) is 36.4 Å². The lowest BCUT2D eigenvalue weighted by atomic mass is 10.0. The van der Waals surface area contributed by atoms with Crippen LogP contribution in [0.2, 0.25) is 0 Å². The number of ether oxygens (including phenoxy) is 1. The molecule has 0 unspecified atom stereocenters. The van der Waals surface area contributed by atoms with E-state index in [0.29, 0.717) is 11.3 Å². The van der Waals surface area contributed by atoms with Crippen molar-refractivity contribution in [3.8, 4) is 5.75 Å². The molecule has 23 heavy (non-hydrogen) atoms. The number of rotatable bonds is 5. The fourth-order valence-electron chi connectivity index (χ4n) is 2.39. The van der Waals surface area contributed by atoms with Crippen molar-refractivity contribution in [2.75, 3.05) is 20.3 Å². The molecule has 0 spiro atoms. The molecule has 6 nitrogen and oxygen atoms in total. The van der Waals surface area contributed by atoms with Crippen molar-refractivity contribution in [3.05, 3.63) is 59.4 Å². The minimum atomic E-state index is -0.223. The summed E-state index contributed by atoms with van der Waals surface area (Å²) < 4.78 is 5.15. The van der Waals surface area contributed by atoms with E-state index in [1.165, 1.54) is 5.01 Å². The highest BCUT2D eigenvalue weighted by Crippen LogP contribution is 2.23. The number of H-pyrrole nitrogens is 1. The largest absolute Gasteiger partial charge is 0.497 e. The van der Waals surface area contributed by atoms with Gasteiger partial charge in [0, 0.05) is 17.5 Å². The van der Waals surface area contributed by atoms with Gasteiger partial charge in [-0.2, -0.15) is 5.10 Å². The summed E-state index contributed by atoms with van der Waals surface area (Å²) in [6.45, 7) is 0.0292. The normalized spacial score (nSPS) is 16.1. The topological polar surface area (TPSA) is 77.9 Å². The van der Waals surface area contributed by atoms with Crippen molar-refractivity contribution in [2.45, 2.75) is 0 Å². The van der Waals surface area contributed by atoms with Gasteiger partial charge in [0.1, 0.15) is 11.5 Å². The second-order valence-corrected chi connectivity index (χ2v) is 5.01. The van der Waals surface area contributed by atoms with Gasteiger partial charge in [-0.3, -0.25) is 4.79 Å². The number of nitrogens with one attached hydrogen (secondary N) is 1. The molecule has 0 saturated carbocycles. The van der Waals surface area contributed by atoms with E-state index in [0.717, 1.165) is 17.0 Å². The summed E-state index contributed by atoms with van der Waals surface area (Å²) in [6.07, 6.45) is 3.56. The molecule has 1 aromatic heterocycles. The zero-order chi connectivity index (χ0) is 16.2. The number of benzene rings is 1. The molecule has 1 aromatic carbocycles. The SMILES string of the molecule is COc1ccc(C2=NN(CCO)C(=O)/C2=C\c2ccc[nH]2)cc1. The number of methoxy groups -OCH3 is 1. The molecule has 1 amide bonds. The highest BCUT2D eigenvalue weighted by Gasteiger charge is 2.30. The molecule has 118 valence electrons. The molecule has 0 atom stereocenters. The molecular formula is C17H17N3O3. The van der Waals surface area contributed by atoms with Gasteiger partial charge in [0.15, 0.2) is 0 Å². The Balaban J connectivity index is 2.01. The van der Waals surface area contributed by atoms with Gasteiger partial charge < -0.3 is 14.8 Å². The zero-order valence-electron chi connectivity index (χ0n) is 12.7. The average molecular weight is 311 g/mol. The number of nitrogens with zero attached hydrogens (tertiary/aromatic N) is 2. The van der Waals surface area contributed by atoms with Crippen LogP contribution in [0.25, 0.3) is 6.08 Å². The second-order valence-electron chi connectivity index (χ2n) is 5.01. The predicted molar refractivity (Wildman–Crippen MR) is 87.1 cm³/mol. The van der Waals surface area contributed by atoms with Gasteiger partial charge in [0.05, 0.1) is 25.8 Å². The van der Waals surface area contributed by atoms with Crippen LogP contribution in [-0.4, -0.2) is 47.0 Å². The van der Waals surface area contributed by atoms with Gasteiger partial charge in [0.25, 0.3) is 5.91 Å². The molecule has 1 aliphatic rings. The number of carbonyl (C=O) groups excluding carboxylic acids is 1. The number of hydrogen-bond acceptors (Lipinski definition) is 4. The van der Waals surface area contributed by atoms with E-state index in [2.05, 4.69) is 10.1 Å². The lowest BCUT2D eigenvalue weighted by Gasteiger charge is -2.08. The second kappa shape index (κ2) is 6.50. The third-order valence-corrected chi connectivity index (χ3v) is 3.54. The number of aromatic nitrogens is 1. The number of amides is 1. The fourth-order valence-corrected chi connectivity index (χ4v) is 2.39. The molecule has 3 rings (SSSR count). The average Bonchev–Trinajstić information content (AvgIpc) is 3.19. The third-order valence-electron chi connectivity index (χ3n) is 3.54. The van der Waals surface area contributed by atoms with Crippen LogP contribution in [0, 0.1) is 0 Å².